The van der Waals surface area contributed by atoms with Crippen LogP contribution >= 0.6 is 11.6 Å². The third kappa shape index (κ3) is 2.94. The van der Waals surface area contributed by atoms with Crippen LogP contribution in [0.5, 0.6) is 0 Å². The van der Waals surface area contributed by atoms with E-state index in [1.165, 1.54) is 13.8 Å². The number of carbonyl (C=O) groups excluding carboxylic acids is 2. The molecular formula is C6H9ClO3. The Bertz CT molecular complexity index is 162. The van der Waals surface area contributed by atoms with Crippen molar-refractivity contribution in [3.8, 4) is 0 Å². The predicted molar refractivity (Wildman–Crippen MR) is 36.8 cm³/mol. The summed E-state index contributed by atoms with van der Waals surface area (Å²) >= 11 is 4.97. The van der Waals surface area contributed by atoms with Crippen LogP contribution in [-0.4, -0.2) is 21.7 Å². The third-order valence-electron chi connectivity index (χ3n) is 1.02. The Kier molecular flexibility index (Phi) is 2.99. The average molecular weight is 165 g/mol. The average Bonchev–Trinajstić information content (AvgIpc) is 1.60. The molecule has 3 nitrogen and oxygen atoms in total. The maximum absolute atomic E-state index is 10.4. The molecule has 0 aliphatic carbocycles. The minimum atomic E-state index is -1.70. The molecule has 10 heavy (non-hydrogen) atoms. The van der Waals surface area contributed by atoms with Crippen molar-refractivity contribution < 1.29 is 14.7 Å². The highest BCUT2D eigenvalue weighted by molar-refractivity contribution is 6.65. The Morgan fingerprint density at radius 2 is 2.00 bits per heavy atom. The van der Waals surface area contributed by atoms with Gasteiger partial charge in [-0.2, -0.15) is 0 Å². The van der Waals surface area contributed by atoms with Crippen LogP contribution in [0.4, 0.5) is 0 Å². The molecule has 0 amide bonds. The topological polar surface area (TPSA) is 54.4 Å². The van der Waals surface area contributed by atoms with Crippen LogP contribution in [0, 0.1) is 0 Å². The van der Waals surface area contributed by atoms with Crippen molar-refractivity contribution >= 4 is 22.6 Å². The fraction of sp³-hybridized carbons (Fsp3) is 0.667. The standard InChI is InChI=1S/C6H9ClO3/c1-4(8)3-6(2,10)5(7)9/h10H,3H2,1-2H3. The first-order chi connectivity index (χ1) is 4.36. The van der Waals surface area contributed by atoms with Crippen LogP contribution in [-0.2, 0) is 9.59 Å². The maximum atomic E-state index is 10.4. The molecule has 0 spiro atoms. The van der Waals surface area contributed by atoms with Crippen molar-refractivity contribution in [1.82, 2.24) is 0 Å². The van der Waals surface area contributed by atoms with Gasteiger partial charge in [0.15, 0.2) is 0 Å². The molecule has 58 valence electrons. The van der Waals surface area contributed by atoms with Gasteiger partial charge in [0, 0.05) is 6.42 Å². The molecule has 0 aliphatic heterocycles. The summed E-state index contributed by atoms with van der Waals surface area (Å²) in [6, 6.07) is 0. The minimum Gasteiger partial charge on any atom is -0.381 e. The lowest BCUT2D eigenvalue weighted by atomic mass is 10.0. The summed E-state index contributed by atoms with van der Waals surface area (Å²) in [6.45, 7) is 2.50. The van der Waals surface area contributed by atoms with Crippen LogP contribution in [0.1, 0.15) is 20.3 Å². The lowest BCUT2D eigenvalue weighted by Crippen LogP contribution is -2.33. The molecule has 0 radical (unpaired) electrons. The first-order valence-corrected chi connectivity index (χ1v) is 3.16. The molecule has 0 aliphatic rings. The molecule has 1 atom stereocenters. The zero-order valence-electron chi connectivity index (χ0n) is 5.85. The summed E-state index contributed by atoms with van der Waals surface area (Å²) in [7, 11) is 0. The van der Waals surface area contributed by atoms with Gasteiger partial charge in [-0.3, -0.25) is 9.59 Å². The Balaban J connectivity index is 4.13. The van der Waals surface area contributed by atoms with Crippen LogP contribution in [0.15, 0.2) is 0 Å². The number of rotatable bonds is 3. The lowest BCUT2D eigenvalue weighted by Gasteiger charge is -2.15. The number of ketones is 1. The lowest BCUT2D eigenvalue weighted by molar-refractivity contribution is -0.133. The summed E-state index contributed by atoms with van der Waals surface area (Å²) in [5.74, 6) is -0.265. The molecule has 0 rings (SSSR count). The highest BCUT2D eigenvalue weighted by Gasteiger charge is 2.29. The molecule has 1 unspecified atom stereocenters. The molecule has 0 aromatic carbocycles. The van der Waals surface area contributed by atoms with Crippen LogP contribution in [0.3, 0.4) is 0 Å². The second-order valence-electron chi connectivity index (χ2n) is 2.43. The zero-order chi connectivity index (χ0) is 8.36. The normalized spacial score (nSPS) is 16.0. The highest BCUT2D eigenvalue weighted by atomic mass is 35.5. The zero-order valence-corrected chi connectivity index (χ0v) is 6.60. The van der Waals surface area contributed by atoms with Crippen molar-refractivity contribution in [1.29, 1.82) is 0 Å². The van der Waals surface area contributed by atoms with Gasteiger partial charge in [0.25, 0.3) is 5.24 Å². The van der Waals surface area contributed by atoms with E-state index in [1.807, 2.05) is 0 Å². The van der Waals surface area contributed by atoms with Crippen molar-refractivity contribution in [2.45, 2.75) is 25.9 Å². The number of hydrogen-bond acceptors (Lipinski definition) is 3. The number of hydrogen-bond donors (Lipinski definition) is 1. The second-order valence-corrected chi connectivity index (χ2v) is 2.77. The van der Waals surface area contributed by atoms with E-state index in [2.05, 4.69) is 0 Å². The molecule has 0 bridgehead atoms. The molecule has 0 aromatic rings. The number of aliphatic hydroxyl groups is 1. The van der Waals surface area contributed by atoms with Crippen molar-refractivity contribution in [3.05, 3.63) is 0 Å². The molecule has 0 saturated carbocycles. The summed E-state index contributed by atoms with van der Waals surface area (Å²) < 4.78 is 0. The van der Waals surface area contributed by atoms with Gasteiger partial charge in [-0.25, -0.2) is 0 Å². The summed E-state index contributed by atoms with van der Waals surface area (Å²) in [6.07, 6.45) is -0.227. The first kappa shape index (κ1) is 9.59. The van der Waals surface area contributed by atoms with E-state index in [4.69, 9.17) is 16.7 Å². The maximum Gasteiger partial charge on any atom is 0.253 e. The smallest absolute Gasteiger partial charge is 0.253 e. The SMILES string of the molecule is CC(=O)CC(C)(O)C(=O)Cl. The molecule has 0 fully saturated rings. The number of halogens is 1. The largest absolute Gasteiger partial charge is 0.381 e. The minimum absolute atomic E-state index is 0.227. The quantitative estimate of drug-likeness (QED) is 0.618. The molecule has 0 saturated heterocycles. The van der Waals surface area contributed by atoms with Gasteiger partial charge >= 0.3 is 0 Å². The summed E-state index contributed by atoms with van der Waals surface area (Å²) in [5, 5.41) is 8.16. The van der Waals surface area contributed by atoms with Crippen LogP contribution < -0.4 is 0 Å². The van der Waals surface area contributed by atoms with Gasteiger partial charge in [-0.1, -0.05) is 0 Å². The van der Waals surface area contributed by atoms with E-state index >= 15 is 0 Å². The van der Waals surface area contributed by atoms with Crippen LogP contribution in [0.25, 0.3) is 0 Å². The number of Topliss-reactive ketones (excluding diaryl/α,β-unsaturated/α-hetero) is 1. The van der Waals surface area contributed by atoms with E-state index in [1.54, 1.807) is 0 Å². The van der Waals surface area contributed by atoms with Gasteiger partial charge in [0.2, 0.25) is 0 Å². The van der Waals surface area contributed by atoms with Crippen molar-refractivity contribution in [3.63, 3.8) is 0 Å². The van der Waals surface area contributed by atoms with Crippen LogP contribution in [0.2, 0.25) is 0 Å². The first-order valence-electron chi connectivity index (χ1n) is 2.78. The predicted octanol–water partition coefficient (Wildman–Crippen LogP) is 0.482. The fourth-order valence-electron chi connectivity index (χ4n) is 0.554. The van der Waals surface area contributed by atoms with E-state index < -0.39 is 10.8 Å². The molecule has 4 heteroatoms. The third-order valence-corrected chi connectivity index (χ3v) is 1.42. The van der Waals surface area contributed by atoms with Gasteiger partial charge in [0.05, 0.1) is 0 Å². The van der Waals surface area contributed by atoms with E-state index in [0.717, 1.165) is 0 Å². The monoisotopic (exact) mass is 164 g/mol. The summed E-state index contributed by atoms with van der Waals surface area (Å²) in [5.41, 5.74) is -1.70. The Hall–Kier alpha value is -0.410. The fourth-order valence-corrected chi connectivity index (χ4v) is 0.621. The number of carbonyl (C=O) groups is 2. The van der Waals surface area contributed by atoms with E-state index in [0.29, 0.717) is 0 Å². The van der Waals surface area contributed by atoms with Gasteiger partial charge < -0.3 is 5.11 Å². The Morgan fingerprint density at radius 3 is 2.10 bits per heavy atom. The van der Waals surface area contributed by atoms with Gasteiger partial charge in [-0.05, 0) is 25.4 Å². The second kappa shape index (κ2) is 3.12. The Morgan fingerprint density at radius 1 is 1.60 bits per heavy atom. The van der Waals surface area contributed by atoms with Crippen molar-refractivity contribution in [2.75, 3.05) is 0 Å². The molecule has 0 heterocycles. The van der Waals surface area contributed by atoms with Crippen molar-refractivity contribution in [2.24, 2.45) is 0 Å². The molecular weight excluding hydrogens is 156 g/mol. The Labute approximate surface area is 64.0 Å². The molecule has 0 aromatic heterocycles. The summed E-state index contributed by atoms with van der Waals surface area (Å²) in [4.78, 5) is 20.8. The van der Waals surface area contributed by atoms with Gasteiger partial charge in [-0.15, -0.1) is 0 Å². The van der Waals surface area contributed by atoms with Gasteiger partial charge in [0.1, 0.15) is 11.4 Å². The van der Waals surface area contributed by atoms with E-state index in [9.17, 15) is 9.59 Å². The molecule has 1 N–H and O–H groups in total. The highest BCUT2D eigenvalue weighted by Crippen LogP contribution is 2.12. The van der Waals surface area contributed by atoms with E-state index in [-0.39, 0.29) is 12.2 Å².